The van der Waals surface area contributed by atoms with E-state index in [0.29, 0.717) is 23.8 Å². The Bertz CT molecular complexity index is 1050. The number of hydrogen-bond donors (Lipinski definition) is 1. The van der Waals surface area contributed by atoms with Crippen molar-refractivity contribution < 1.29 is 35.8 Å². The topological polar surface area (TPSA) is 23.5 Å². The number of aliphatic hydroxyl groups is 1. The van der Waals surface area contributed by atoms with Crippen LogP contribution in [0, 0.1) is 5.82 Å². The maximum Gasteiger partial charge on any atom is 0.416 e. The van der Waals surface area contributed by atoms with Gasteiger partial charge in [-0.15, -0.1) is 0 Å². The Morgan fingerprint density at radius 3 is 2.06 bits per heavy atom. The molecule has 0 spiro atoms. The first-order valence-corrected chi connectivity index (χ1v) is 9.46. The summed E-state index contributed by atoms with van der Waals surface area (Å²) in [5.74, 6) is -0.997. The number of anilines is 1. The number of alkyl halides is 6. The van der Waals surface area contributed by atoms with E-state index in [2.05, 4.69) is 0 Å². The largest absolute Gasteiger partial charge is 0.416 e. The lowest BCUT2D eigenvalue weighted by atomic mass is 10.0. The highest BCUT2D eigenvalue weighted by molar-refractivity contribution is 5.68. The molecule has 0 aliphatic rings. The monoisotopic (exact) mass is 457 g/mol. The number of benzene rings is 3. The van der Waals surface area contributed by atoms with Gasteiger partial charge in [-0.05, 0) is 41.5 Å². The number of nitrogens with zero attached hydrogens (tertiary/aromatic N) is 1. The van der Waals surface area contributed by atoms with Crippen molar-refractivity contribution >= 4 is 5.69 Å². The van der Waals surface area contributed by atoms with E-state index in [9.17, 15) is 35.8 Å². The van der Waals surface area contributed by atoms with Crippen molar-refractivity contribution in [1.82, 2.24) is 0 Å². The summed E-state index contributed by atoms with van der Waals surface area (Å²) in [4.78, 5) is 1.00. The zero-order valence-electron chi connectivity index (χ0n) is 16.5. The van der Waals surface area contributed by atoms with Crippen molar-refractivity contribution in [3.8, 4) is 11.1 Å². The third-order valence-electron chi connectivity index (χ3n) is 4.82. The fourth-order valence-electron chi connectivity index (χ4n) is 3.16. The minimum Gasteiger partial charge on any atom is -0.382 e. The van der Waals surface area contributed by atoms with Gasteiger partial charge in [-0.1, -0.05) is 42.5 Å². The summed E-state index contributed by atoms with van der Waals surface area (Å²) in [5.41, 5.74) is 0.0177. The summed E-state index contributed by atoms with van der Waals surface area (Å²) in [6.45, 7) is -1.60. The van der Waals surface area contributed by atoms with E-state index in [0.717, 1.165) is 10.5 Å². The van der Waals surface area contributed by atoms with E-state index < -0.39 is 48.5 Å². The van der Waals surface area contributed by atoms with Gasteiger partial charge in [0.25, 0.3) is 0 Å². The first-order chi connectivity index (χ1) is 14.9. The summed E-state index contributed by atoms with van der Waals surface area (Å²) in [7, 11) is 0. The van der Waals surface area contributed by atoms with Crippen molar-refractivity contribution in [2.45, 2.75) is 25.0 Å². The highest BCUT2D eigenvalue weighted by Crippen LogP contribution is 2.32. The van der Waals surface area contributed by atoms with Crippen molar-refractivity contribution in [3.63, 3.8) is 0 Å². The summed E-state index contributed by atoms with van der Waals surface area (Å²) < 4.78 is 92.4. The Labute approximate surface area is 179 Å². The van der Waals surface area contributed by atoms with E-state index in [1.807, 2.05) is 0 Å². The molecular weight excluding hydrogens is 439 g/mol. The van der Waals surface area contributed by atoms with E-state index in [4.69, 9.17) is 0 Å². The van der Waals surface area contributed by atoms with Gasteiger partial charge in [0.05, 0.1) is 12.1 Å². The van der Waals surface area contributed by atoms with Crippen LogP contribution in [0.4, 0.5) is 36.4 Å². The lowest BCUT2D eigenvalue weighted by Gasteiger charge is -2.29. The van der Waals surface area contributed by atoms with Gasteiger partial charge in [0.1, 0.15) is 5.82 Å². The number of rotatable bonds is 6. The second kappa shape index (κ2) is 9.20. The SMILES string of the molecule is O[C@H](CN(Cc1cc(C(F)(F)F)ccc1F)c1cccc(-c2ccccc2)c1)C(F)(F)F. The lowest BCUT2D eigenvalue weighted by Crippen LogP contribution is -2.41. The predicted molar refractivity (Wildman–Crippen MR) is 106 cm³/mol. The van der Waals surface area contributed by atoms with Crippen molar-refractivity contribution in [2.75, 3.05) is 11.4 Å². The smallest absolute Gasteiger partial charge is 0.382 e. The fourth-order valence-corrected chi connectivity index (χ4v) is 3.16. The highest BCUT2D eigenvalue weighted by Gasteiger charge is 2.39. The van der Waals surface area contributed by atoms with Crippen LogP contribution in [-0.4, -0.2) is 23.9 Å². The van der Waals surface area contributed by atoms with Crippen LogP contribution in [0.5, 0.6) is 0 Å². The Morgan fingerprint density at radius 1 is 0.781 bits per heavy atom. The standard InChI is InChI=1S/C23H18F7NO/c24-20-10-9-18(22(25,26)27)11-17(20)13-31(14-21(32)23(28,29)30)19-8-4-7-16(12-19)15-5-2-1-3-6-15/h1-12,21,32H,13-14H2/t21-/m1/s1. The van der Waals surface area contributed by atoms with Gasteiger partial charge in [0.2, 0.25) is 0 Å². The zero-order chi connectivity index (χ0) is 23.5. The molecule has 0 aliphatic heterocycles. The van der Waals surface area contributed by atoms with E-state index in [-0.39, 0.29) is 5.69 Å². The fraction of sp³-hybridized carbons (Fsp3) is 0.217. The van der Waals surface area contributed by atoms with Gasteiger partial charge in [-0.25, -0.2) is 4.39 Å². The van der Waals surface area contributed by atoms with Gasteiger partial charge in [0, 0.05) is 17.8 Å². The summed E-state index contributed by atoms with van der Waals surface area (Å²) >= 11 is 0. The molecule has 0 saturated carbocycles. The first kappa shape index (κ1) is 23.6. The van der Waals surface area contributed by atoms with E-state index in [1.54, 1.807) is 42.5 Å². The first-order valence-electron chi connectivity index (χ1n) is 9.46. The van der Waals surface area contributed by atoms with Crippen molar-refractivity contribution in [1.29, 1.82) is 0 Å². The van der Waals surface area contributed by atoms with Gasteiger partial charge in [-0.3, -0.25) is 0 Å². The molecule has 0 amide bonds. The summed E-state index contributed by atoms with van der Waals surface area (Å²) in [6, 6.07) is 16.9. The van der Waals surface area contributed by atoms with E-state index >= 15 is 0 Å². The van der Waals surface area contributed by atoms with Crippen molar-refractivity contribution in [2.24, 2.45) is 0 Å². The van der Waals surface area contributed by atoms with Gasteiger partial charge in [0.15, 0.2) is 6.10 Å². The maximum absolute atomic E-state index is 14.3. The van der Waals surface area contributed by atoms with Crippen LogP contribution in [0.2, 0.25) is 0 Å². The normalized spacial score (nSPS) is 13.1. The van der Waals surface area contributed by atoms with Crippen LogP contribution < -0.4 is 4.90 Å². The average Bonchev–Trinajstić information content (AvgIpc) is 2.74. The molecule has 0 saturated heterocycles. The highest BCUT2D eigenvalue weighted by atomic mass is 19.4. The molecule has 3 aromatic rings. The molecule has 32 heavy (non-hydrogen) atoms. The molecule has 0 bridgehead atoms. The molecule has 2 nitrogen and oxygen atoms in total. The molecular formula is C23H18F7NO. The number of halogens is 7. The summed E-state index contributed by atoms with van der Waals surface area (Å²) in [5, 5.41) is 9.59. The molecule has 0 heterocycles. The Morgan fingerprint density at radius 2 is 1.44 bits per heavy atom. The molecule has 0 radical (unpaired) electrons. The van der Waals surface area contributed by atoms with Crippen LogP contribution >= 0.6 is 0 Å². The molecule has 9 heteroatoms. The third-order valence-corrected chi connectivity index (χ3v) is 4.82. The average molecular weight is 457 g/mol. The van der Waals surface area contributed by atoms with Crippen LogP contribution in [-0.2, 0) is 12.7 Å². The van der Waals surface area contributed by atoms with Crippen LogP contribution in [0.25, 0.3) is 11.1 Å². The second-order valence-corrected chi connectivity index (χ2v) is 7.16. The Kier molecular flexibility index (Phi) is 6.78. The minimum absolute atomic E-state index is 0.187. The summed E-state index contributed by atoms with van der Waals surface area (Å²) in [6.07, 6.45) is -12.5. The number of aliphatic hydroxyl groups excluding tert-OH is 1. The lowest BCUT2D eigenvalue weighted by molar-refractivity contribution is -0.200. The molecule has 0 aromatic heterocycles. The molecule has 0 fully saturated rings. The number of hydrogen-bond acceptors (Lipinski definition) is 2. The third kappa shape index (κ3) is 5.79. The predicted octanol–water partition coefficient (Wildman–Crippen LogP) is 6.44. The van der Waals surface area contributed by atoms with Crippen LogP contribution in [0.15, 0.2) is 72.8 Å². The minimum atomic E-state index is -4.96. The quantitative estimate of drug-likeness (QED) is 0.431. The van der Waals surface area contributed by atoms with Crippen LogP contribution in [0.1, 0.15) is 11.1 Å². The van der Waals surface area contributed by atoms with Gasteiger partial charge >= 0.3 is 12.4 Å². The Hall–Kier alpha value is -3.07. The van der Waals surface area contributed by atoms with E-state index in [1.165, 1.54) is 12.1 Å². The molecule has 0 aliphatic carbocycles. The van der Waals surface area contributed by atoms with Crippen LogP contribution in [0.3, 0.4) is 0 Å². The Balaban J connectivity index is 2.01. The molecule has 3 aromatic carbocycles. The molecule has 170 valence electrons. The zero-order valence-corrected chi connectivity index (χ0v) is 16.5. The van der Waals surface area contributed by atoms with Crippen molar-refractivity contribution in [3.05, 3.63) is 89.7 Å². The van der Waals surface area contributed by atoms with Gasteiger partial charge < -0.3 is 10.0 Å². The molecule has 1 atom stereocenters. The molecule has 3 rings (SSSR count). The molecule has 1 N–H and O–H groups in total. The molecule has 0 unspecified atom stereocenters. The maximum atomic E-state index is 14.3. The van der Waals surface area contributed by atoms with Gasteiger partial charge in [-0.2, -0.15) is 26.3 Å². The second-order valence-electron chi connectivity index (χ2n) is 7.16.